The topological polar surface area (TPSA) is 46.3 Å². The minimum atomic E-state index is 0.147. The SMILES string of the molecule is CC(N)CCC(=O)N1CCCC1C1CCC1. The van der Waals surface area contributed by atoms with Crippen LogP contribution in [0.1, 0.15) is 51.9 Å². The van der Waals surface area contributed by atoms with Gasteiger partial charge in [0.15, 0.2) is 0 Å². The first-order valence-electron chi connectivity index (χ1n) is 6.73. The van der Waals surface area contributed by atoms with Crippen molar-refractivity contribution in [3.63, 3.8) is 0 Å². The number of nitrogens with two attached hydrogens (primary N) is 1. The Morgan fingerprint density at radius 1 is 1.38 bits per heavy atom. The summed E-state index contributed by atoms with van der Waals surface area (Å²) >= 11 is 0. The van der Waals surface area contributed by atoms with Gasteiger partial charge in [0, 0.05) is 25.0 Å². The third-order valence-corrected chi connectivity index (χ3v) is 4.13. The predicted octanol–water partition coefficient (Wildman–Crippen LogP) is 1.90. The molecule has 0 bridgehead atoms. The highest BCUT2D eigenvalue weighted by Gasteiger charge is 2.36. The van der Waals surface area contributed by atoms with E-state index in [1.165, 1.54) is 32.1 Å². The minimum Gasteiger partial charge on any atom is -0.339 e. The number of carbonyl (C=O) groups is 1. The fourth-order valence-electron chi connectivity index (χ4n) is 2.91. The van der Waals surface area contributed by atoms with Gasteiger partial charge in [-0.3, -0.25) is 4.79 Å². The molecule has 2 unspecified atom stereocenters. The summed E-state index contributed by atoms with van der Waals surface area (Å²) in [6.45, 7) is 2.96. The lowest BCUT2D eigenvalue weighted by Crippen LogP contribution is -2.42. The molecule has 2 fully saturated rings. The highest BCUT2D eigenvalue weighted by molar-refractivity contribution is 5.76. The van der Waals surface area contributed by atoms with Gasteiger partial charge < -0.3 is 10.6 Å². The van der Waals surface area contributed by atoms with Gasteiger partial charge >= 0.3 is 0 Å². The van der Waals surface area contributed by atoms with Crippen molar-refractivity contribution in [1.29, 1.82) is 0 Å². The molecule has 1 aliphatic carbocycles. The molecular formula is C13H24N2O. The molecule has 2 atom stereocenters. The number of amides is 1. The van der Waals surface area contributed by atoms with Gasteiger partial charge in [0.05, 0.1) is 0 Å². The molecule has 2 aliphatic rings. The van der Waals surface area contributed by atoms with Crippen LogP contribution in [0.15, 0.2) is 0 Å². The Labute approximate surface area is 98.4 Å². The molecule has 2 N–H and O–H groups in total. The average molecular weight is 224 g/mol. The molecule has 1 amide bonds. The standard InChI is InChI=1S/C13H24N2O/c1-10(14)7-8-13(16)15-9-3-6-12(15)11-4-2-5-11/h10-12H,2-9,14H2,1H3. The maximum Gasteiger partial charge on any atom is 0.222 e. The van der Waals surface area contributed by atoms with E-state index in [-0.39, 0.29) is 6.04 Å². The largest absolute Gasteiger partial charge is 0.339 e. The predicted molar refractivity (Wildman–Crippen MR) is 65.0 cm³/mol. The Morgan fingerprint density at radius 2 is 2.12 bits per heavy atom. The normalized spacial score (nSPS) is 27.9. The monoisotopic (exact) mass is 224 g/mol. The maximum atomic E-state index is 12.1. The molecule has 2 rings (SSSR count). The molecule has 1 saturated carbocycles. The summed E-state index contributed by atoms with van der Waals surface area (Å²) in [5.74, 6) is 1.15. The van der Waals surface area contributed by atoms with Crippen molar-refractivity contribution in [3.8, 4) is 0 Å². The van der Waals surface area contributed by atoms with E-state index in [2.05, 4.69) is 4.90 Å². The first kappa shape index (κ1) is 11.9. The number of rotatable bonds is 4. The van der Waals surface area contributed by atoms with Crippen LogP contribution in [-0.4, -0.2) is 29.4 Å². The molecule has 0 radical (unpaired) electrons. The van der Waals surface area contributed by atoms with Crippen LogP contribution in [-0.2, 0) is 4.79 Å². The van der Waals surface area contributed by atoms with E-state index in [9.17, 15) is 4.79 Å². The molecular weight excluding hydrogens is 200 g/mol. The van der Waals surface area contributed by atoms with E-state index in [4.69, 9.17) is 5.73 Å². The zero-order chi connectivity index (χ0) is 11.5. The van der Waals surface area contributed by atoms with Crippen molar-refractivity contribution >= 4 is 5.91 Å². The van der Waals surface area contributed by atoms with Crippen molar-refractivity contribution < 1.29 is 4.79 Å². The summed E-state index contributed by atoms with van der Waals surface area (Å²) in [5, 5.41) is 0. The molecule has 0 aromatic rings. The van der Waals surface area contributed by atoms with Gasteiger partial charge in [0.25, 0.3) is 0 Å². The Balaban J connectivity index is 1.84. The molecule has 0 spiro atoms. The average Bonchev–Trinajstić information content (AvgIpc) is 2.60. The fraction of sp³-hybridized carbons (Fsp3) is 0.923. The summed E-state index contributed by atoms with van der Waals surface area (Å²) in [6.07, 6.45) is 7.93. The van der Waals surface area contributed by atoms with E-state index < -0.39 is 0 Å². The molecule has 1 aliphatic heterocycles. The third-order valence-electron chi connectivity index (χ3n) is 4.13. The Morgan fingerprint density at radius 3 is 2.69 bits per heavy atom. The number of carbonyl (C=O) groups excluding carboxylic acids is 1. The van der Waals surface area contributed by atoms with Crippen molar-refractivity contribution in [3.05, 3.63) is 0 Å². The molecule has 3 nitrogen and oxygen atoms in total. The molecule has 0 aromatic carbocycles. The van der Waals surface area contributed by atoms with Crippen molar-refractivity contribution in [1.82, 2.24) is 4.90 Å². The lowest BCUT2D eigenvalue weighted by molar-refractivity contribution is -0.133. The second-order valence-electron chi connectivity index (χ2n) is 5.50. The quantitative estimate of drug-likeness (QED) is 0.793. The molecule has 3 heteroatoms. The van der Waals surface area contributed by atoms with Crippen LogP contribution in [0.4, 0.5) is 0 Å². The van der Waals surface area contributed by atoms with E-state index in [1.54, 1.807) is 0 Å². The first-order chi connectivity index (χ1) is 7.68. The summed E-state index contributed by atoms with van der Waals surface area (Å²) in [5.41, 5.74) is 5.70. The van der Waals surface area contributed by atoms with E-state index in [0.717, 1.165) is 18.9 Å². The third kappa shape index (κ3) is 2.57. The van der Waals surface area contributed by atoms with Crippen molar-refractivity contribution in [2.75, 3.05) is 6.54 Å². The van der Waals surface area contributed by atoms with Crippen molar-refractivity contribution in [2.24, 2.45) is 11.7 Å². The molecule has 92 valence electrons. The number of hydrogen-bond acceptors (Lipinski definition) is 2. The van der Waals surface area contributed by atoms with Crippen LogP contribution >= 0.6 is 0 Å². The van der Waals surface area contributed by atoms with Crippen LogP contribution in [0.3, 0.4) is 0 Å². The minimum absolute atomic E-state index is 0.147. The van der Waals surface area contributed by atoms with Crippen LogP contribution in [0.2, 0.25) is 0 Å². The molecule has 16 heavy (non-hydrogen) atoms. The number of nitrogens with zero attached hydrogens (tertiary/aromatic N) is 1. The van der Waals surface area contributed by atoms with E-state index in [0.29, 0.717) is 18.4 Å². The lowest BCUT2D eigenvalue weighted by Gasteiger charge is -2.37. The zero-order valence-electron chi connectivity index (χ0n) is 10.3. The highest BCUT2D eigenvalue weighted by Crippen LogP contribution is 2.37. The van der Waals surface area contributed by atoms with Gasteiger partial charge in [0.2, 0.25) is 5.91 Å². The Hall–Kier alpha value is -0.570. The van der Waals surface area contributed by atoms with Crippen LogP contribution in [0.5, 0.6) is 0 Å². The van der Waals surface area contributed by atoms with Crippen LogP contribution in [0, 0.1) is 5.92 Å². The van der Waals surface area contributed by atoms with Gasteiger partial charge in [-0.2, -0.15) is 0 Å². The molecule has 0 aromatic heterocycles. The van der Waals surface area contributed by atoms with E-state index >= 15 is 0 Å². The van der Waals surface area contributed by atoms with Crippen LogP contribution in [0.25, 0.3) is 0 Å². The summed E-state index contributed by atoms with van der Waals surface area (Å²) in [7, 11) is 0. The molecule has 1 heterocycles. The Bertz CT molecular complexity index is 248. The number of likely N-dealkylation sites (tertiary alicyclic amines) is 1. The second-order valence-corrected chi connectivity index (χ2v) is 5.50. The summed E-state index contributed by atoms with van der Waals surface area (Å²) in [4.78, 5) is 14.2. The van der Waals surface area contributed by atoms with Gasteiger partial charge in [-0.25, -0.2) is 0 Å². The van der Waals surface area contributed by atoms with Gasteiger partial charge in [-0.05, 0) is 44.9 Å². The maximum absolute atomic E-state index is 12.1. The van der Waals surface area contributed by atoms with Crippen LogP contribution < -0.4 is 5.73 Å². The second kappa shape index (κ2) is 5.17. The Kier molecular flexibility index (Phi) is 3.85. The lowest BCUT2D eigenvalue weighted by atomic mass is 9.79. The van der Waals surface area contributed by atoms with Gasteiger partial charge in [-0.1, -0.05) is 6.42 Å². The summed E-state index contributed by atoms with van der Waals surface area (Å²) in [6, 6.07) is 0.711. The highest BCUT2D eigenvalue weighted by atomic mass is 16.2. The van der Waals surface area contributed by atoms with Gasteiger partial charge in [-0.15, -0.1) is 0 Å². The zero-order valence-corrected chi connectivity index (χ0v) is 10.3. The van der Waals surface area contributed by atoms with Crippen molar-refractivity contribution in [2.45, 2.75) is 64.0 Å². The first-order valence-corrected chi connectivity index (χ1v) is 6.73. The molecule has 1 saturated heterocycles. The number of hydrogen-bond donors (Lipinski definition) is 1. The van der Waals surface area contributed by atoms with Gasteiger partial charge in [0.1, 0.15) is 0 Å². The van der Waals surface area contributed by atoms with E-state index in [1.807, 2.05) is 6.92 Å². The smallest absolute Gasteiger partial charge is 0.222 e. The summed E-state index contributed by atoms with van der Waals surface area (Å²) < 4.78 is 0. The fourth-order valence-corrected chi connectivity index (χ4v) is 2.91.